The zero-order valence-electron chi connectivity index (χ0n) is 13.1. The lowest BCUT2D eigenvalue weighted by atomic mass is 10.2. The maximum atomic E-state index is 14.1. The van der Waals surface area contributed by atoms with Gasteiger partial charge in [0.15, 0.2) is 11.5 Å². The van der Waals surface area contributed by atoms with Crippen LogP contribution in [0.4, 0.5) is 14.7 Å². The normalized spacial score (nSPS) is 20.3. The van der Waals surface area contributed by atoms with Crippen LogP contribution in [0.5, 0.6) is 0 Å². The molecule has 130 valence electrons. The predicted octanol–water partition coefficient (Wildman–Crippen LogP) is 3.01. The van der Waals surface area contributed by atoms with E-state index in [2.05, 4.69) is 20.4 Å². The molecule has 0 amide bonds. The summed E-state index contributed by atoms with van der Waals surface area (Å²) in [5.74, 6) is -1.24. The highest BCUT2D eigenvalue weighted by Crippen LogP contribution is 2.28. The lowest BCUT2D eigenvalue weighted by Gasteiger charge is -2.15. The number of fused-ring (bicyclic) bond motifs is 1. The van der Waals surface area contributed by atoms with Gasteiger partial charge in [0.1, 0.15) is 16.7 Å². The molecule has 3 N–H and O–H groups in total. The fourth-order valence-corrected chi connectivity index (χ4v) is 3.26. The number of nitrogens with two attached hydrogens (primary N) is 1. The van der Waals surface area contributed by atoms with Gasteiger partial charge in [0, 0.05) is 12.1 Å². The minimum absolute atomic E-state index is 0.0877. The van der Waals surface area contributed by atoms with E-state index >= 15 is 0 Å². The predicted molar refractivity (Wildman–Crippen MR) is 90.4 cm³/mol. The van der Waals surface area contributed by atoms with Crippen LogP contribution in [0.2, 0.25) is 5.02 Å². The zero-order valence-corrected chi connectivity index (χ0v) is 13.8. The zero-order chi connectivity index (χ0) is 17.6. The molecule has 1 aliphatic carbocycles. The Morgan fingerprint density at radius 1 is 1.20 bits per heavy atom. The Balaban J connectivity index is 1.84. The van der Waals surface area contributed by atoms with Gasteiger partial charge < -0.3 is 11.1 Å². The van der Waals surface area contributed by atoms with Crippen LogP contribution in [0.3, 0.4) is 0 Å². The SMILES string of the molecule is N[C@@H]1CC[C@@H](Nc2nc(-c3c(F)cccc3F)nc3c(Cl)cnn23)C1. The number of nitrogens with zero attached hydrogens (tertiary/aromatic N) is 4. The Bertz CT molecular complexity index is 924. The van der Waals surface area contributed by atoms with Crippen molar-refractivity contribution in [1.29, 1.82) is 0 Å². The van der Waals surface area contributed by atoms with Crippen molar-refractivity contribution in [2.24, 2.45) is 5.73 Å². The Morgan fingerprint density at radius 2 is 1.96 bits per heavy atom. The molecule has 0 spiro atoms. The summed E-state index contributed by atoms with van der Waals surface area (Å²) in [5.41, 5.74) is 5.92. The summed E-state index contributed by atoms with van der Waals surface area (Å²) in [5, 5.41) is 7.65. The van der Waals surface area contributed by atoms with Gasteiger partial charge in [-0.25, -0.2) is 13.8 Å². The van der Waals surface area contributed by atoms with E-state index in [9.17, 15) is 8.78 Å². The van der Waals surface area contributed by atoms with E-state index in [4.69, 9.17) is 17.3 Å². The van der Waals surface area contributed by atoms with E-state index in [0.717, 1.165) is 31.4 Å². The maximum absolute atomic E-state index is 14.1. The monoisotopic (exact) mass is 364 g/mol. The first-order valence-corrected chi connectivity index (χ1v) is 8.28. The first-order valence-electron chi connectivity index (χ1n) is 7.90. The average molecular weight is 365 g/mol. The van der Waals surface area contributed by atoms with Crippen LogP contribution in [0.25, 0.3) is 17.0 Å². The summed E-state index contributed by atoms with van der Waals surface area (Å²) >= 11 is 6.11. The van der Waals surface area contributed by atoms with Crippen LogP contribution in [0, 0.1) is 11.6 Å². The van der Waals surface area contributed by atoms with Crippen LogP contribution >= 0.6 is 11.6 Å². The summed E-state index contributed by atoms with van der Waals surface area (Å²) in [6, 6.07) is 3.84. The number of rotatable bonds is 3. The molecular formula is C16H15ClF2N6. The number of hydrogen-bond donors (Lipinski definition) is 2. The lowest BCUT2D eigenvalue weighted by Crippen LogP contribution is -2.23. The van der Waals surface area contributed by atoms with Crippen LogP contribution in [0.1, 0.15) is 19.3 Å². The van der Waals surface area contributed by atoms with Crippen molar-refractivity contribution < 1.29 is 8.78 Å². The van der Waals surface area contributed by atoms with Gasteiger partial charge in [0.05, 0.1) is 11.8 Å². The van der Waals surface area contributed by atoms with Gasteiger partial charge in [-0.1, -0.05) is 17.7 Å². The van der Waals surface area contributed by atoms with Crippen LogP contribution in [0.15, 0.2) is 24.4 Å². The molecule has 0 unspecified atom stereocenters. The van der Waals surface area contributed by atoms with Crippen LogP contribution in [-0.4, -0.2) is 31.7 Å². The quantitative estimate of drug-likeness (QED) is 0.746. The molecule has 2 heterocycles. The van der Waals surface area contributed by atoms with Crippen molar-refractivity contribution in [3.63, 3.8) is 0 Å². The molecule has 9 heteroatoms. The maximum Gasteiger partial charge on any atom is 0.228 e. The summed E-state index contributed by atoms with van der Waals surface area (Å²) in [6.45, 7) is 0. The summed E-state index contributed by atoms with van der Waals surface area (Å²) in [7, 11) is 0. The molecule has 0 saturated heterocycles. The third kappa shape index (κ3) is 2.91. The van der Waals surface area contributed by atoms with E-state index in [0.29, 0.717) is 5.95 Å². The first-order chi connectivity index (χ1) is 12.0. The highest BCUT2D eigenvalue weighted by molar-refractivity contribution is 6.33. The second-order valence-electron chi connectivity index (χ2n) is 6.11. The molecule has 25 heavy (non-hydrogen) atoms. The molecule has 3 aromatic rings. The number of benzene rings is 1. The second kappa shape index (κ2) is 6.20. The van der Waals surface area contributed by atoms with Gasteiger partial charge in [-0.2, -0.15) is 14.6 Å². The molecule has 0 bridgehead atoms. The summed E-state index contributed by atoms with van der Waals surface area (Å²) in [6.07, 6.45) is 3.98. The third-order valence-electron chi connectivity index (χ3n) is 4.32. The molecular weight excluding hydrogens is 350 g/mol. The van der Waals surface area contributed by atoms with Gasteiger partial charge >= 0.3 is 0 Å². The average Bonchev–Trinajstić information content (AvgIpc) is 3.14. The molecule has 2 aromatic heterocycles. The molecule has 2 atom stereocenters. The molecule has 1 aliphatic rings. The van der Waals surface area contributed by atoms with E-state index in [1.165, 1.54) is 16.8 Å². The van der Waals surface area contributed by atoms with E-state index < -0.39 is 11.6 Å². The fraction of sp³-hybridized carbons (Fsp3) is 0.312. The van der Waals surface area contributed by atoms with Gasteiger partial charge in [0.25, 0.3) is 0 Å². The standard InChI is InChI=1S/C16H15ClF2N6/c17-10-7-21-25-15(10)23-14(13-11(18)2-1-3-12(13)19)24-16(25)22-9-5-4-8(20)6-9/h1-3,7-9H,4-6,20H2,(H,22,23,24)/t8-,9-/m1/s1. The third-order valence-corrected chi connectivity index (χ3v) is 4.58. The Labute approximate surface area is 147 Å². The number of nitrogens with one attached hydrogen (secondary N) is 1. The Morgan fingerprint density at radius 3 is 2.64 bits per heavy atom. The van der Waals surface area contributed by atoms with Crippen molar-refractivity contribution in [2.45, 2.75) is 31.3 Å². The Kier molecular flexibility index (Phi) is 4.01. The highest BCUT2D eigenvalue weighted by atomic mass is 35.5. The molecule has 0 radical (unpaired) electrons. The van der Waals surface area contributed by atoms with E-state index in [-0.39, 0.29) is 34.1 Å². The van der Waals surface area contributed by atoms with Gasteiger partial charge in [0.2, 0.25) is 5.95 Å². The fourth-order valence-electron chi connectivity index (χ4n) is 3.10. The van der Waals surface area contributed by atoms with Gasteiger partial charge in [-0.15, -0.1) is 0 Å². The van der Waals surface area contributed by atoms with Crippen LogP contribution in [-0.2, 0) is 0 Å². The lowest BCUT2D eigenvalue weighted by molar-refractivity contribution is 0.587. The van der Waals surface area contributed by atoms with Crippen molar-refractivity contribution in [2.75, 3.05) is 5.32 Å². The summed E-state index contributed by atoms with van der Waals surface area (Å²) in [4.78, 5) is 8.48. The number of aromatic nitrogens is 4. The summed E-state index contributed by atoms with van der Waals surface area (Å²) < 4.78 is 29.7. The number of anilines is 1. The van der Waals surface area contributed by atoms with Crippen LogP contribution < -0.4 is 11.1 Å². The largest absolute Gasteiger partial charge is 0.351 e. The van der Waals surface area contributed by atoms with Crippen molar-refractivity contribution in [3.05, 3.63) is 41.1 Å². The highest BCUT2D eigenvalue weighted by Gasteiger charge is 2.24. The number of halogens is 3. The first kappa shape index (κ1) is 16.2. The molecule has 1 saturated carbocycles. The minimum Gasteiger partial charge on any atom is -0.351 e. The van der Waals surface area contributed by atoms with Gasteiger partial charge in [-0.3, -0.25) is 0 Å². The van der Waals surface area contributed by atoms with Crippen molar-refractivity contribution in [1.82, 2.24) is 19.6 Å². The Hall–Kier alpha value is -2.32. The van der Waals surface area contributed by atoms with Crippen molar-refractivity contribution in [3.8, 4) is 11.4 Å². The molecule has 1 aromatic carbocycles. The van der Waals surface area contributed by atoms with E-state index in [1.54, 1.807) is 0 Å². The smallest absolute Gasteiger partial charge is 0.228 e. The van der Waals surface area contributed by atoms with E-state index in [1.807, 2.05) is 0 Å². The van der Waals surface area contributed by atoms with Gasteiger partial charge in [-0.05, 0) is 31.4 Å². The van der Waals surface area contributed by atoms with Crippen molar-refractivity contribution >= 4 is 23.2 Å². The topological polar surface area (TPSA) is 81.1 Å². The molecule has 0 aliphatic heterocycles. The molecule has 4 rings (SSSR count). The molecule has 6 nitrogen and oxygen atoms in total. The molecule has 1 fully saturated rings. The minimum atomic E-state index is -0.742. The number of hydrogen-bond acceptors (Lipinski definition) is 5. The second-order valence-corrected chi connectivity index (χ2v) is 6.52.